The number of anilines is 1. The molecule has 0 bridgehead atoms. The molecule has 4 aliphatic rings. The van der Waals surface area contributed by atoms with Gasteiger partial charge in [-0.05, 0) is 25.2 Å². The molecule has 0 radical (unpaired) electrons. The van der Waals surface area contributed by atoms with Crippen LogP contribution in [0.5, 0.6) is 0 Å². The highest BCUT2D eigenvalue weighted by molar-refractivity contribution is 6.05. The van der Waals surface area contributed by atoms with Crippen molar-refractivity contribution >= 4 is 17.6 Å². The minimum atomic E-state index is -0.286. The normalized spacial score (nSPS) is 29.7. The molecule has 0 aromatic carbocycles. The van der Waals surface area contributed by atoms with Gasteiger partial charge < -0.3 is 20.1 Å². The number of aromatic nitrogens is 2. The van der Waals surface area contributed by atoms with Crippen LogP contribution in [-0.2, 0) is 9.47 Å². The molecule has 11 heteroatoms. The number of carbonyl (C=O) groups is 1. The summed E-state index contributed by atoms with van der Waals surface area (Å²) in [6.45, 7) is 7.50. The number of aromatic amines is 1. The van der Waals surface area contributed by atoms with Crippen LogP contribution < -0.4 is 16.1 Å². The predicted molar refractivity (Wildman–Crippen MR) is 115 cm³/mol. The van der Waals surface area contributed by atoms with Gasteiger partial charge >= 0.3 is 6.03 Å². The van der Waals surface area contributed by atoms with Crippen LogP contribution in [0.25, 0.3) is 0 Å². The number of ether oxygens (including phenoxy) is 2. The first kappa shape index (κ1) is 20.7. The van der Waals surface area contributed by atoms with E-state index in [0.717, 1.165) is 57.2 Å². The zero-order valence-electron chi connectivity index (χ0n) is 17.8. The Bertz CT molecular complexity index is 787. The number of amides is 2. The molecule has 3 aliphatic heterocycles. The van der Waals surface area contributed by atoms with Gasteiger partial charge in [-0.25, -0.2) is 9.80 Å². The monoisotopic (exact) mass is 432 g/mol. The molecule has 11 nitrogen and oxygen atoms in total. The number of H-pyrrole nitrogens is 1. The van der Waals surface area contributed by atoms with Crippen LogP contribution in [0.4, 0.5) is 10.5 Å². The van der Waals surface area contributed by atoms with Crippen LogP contribution in [0.3, 0.4) is 0 Å². The topological polar surface area (TPSA) is 119 Å². The lowest BCUT2D eigenvalue weighted by Gasteiger charge is -2.35. The number of urea groups is 1. The minimum absolute atomic E-state index is 0.286. The molecule has 1 saturated carbocycles. The van der Waals surface area contributed by atoms with Gasteiger partial charge in [-0.2, -0.15) is 5.10 Å². The summed E-state index contributed by atoms with van der Waals surface area (Å²) in [5.74, 6) is 1.47. The SMILES string of the molecule is O=C(Nc1cn[nH]c1C1=NC2CCC(CN3CCOCC3)C[C@@H]2N1)NN1CCOCC1. The third-order valence-corrected chi connectivity index (χ3v) is 6.55. The fourth-order valence-corrected chi connectivity index (χ4v) is 4.91. The van der Waals surface area contributed by atoms with E-state index in [9.17, 15) is 4.79 Å². The van der Waals surface area contributed by atoms with Gasteiger partial charge in [0.1, 0.15) is 11.5 Å². The first-order valence-electron chi connectivity index (χ1n) is 11.3. The van der Waals surface area contributed by atoms with Gasteiger partial charge in [-0.1, -0.05) is 0 Å². The van der Waals surface area contributed by atoms with Gasteiger partial charge in [0, 0.05) is 32.7 Å². The third-order valence-electron chi connectivity index (χ3n) is 6.55. The summed E-state index contributed by atoms with van der Waals surface area (Å²) in [6.07, 6.45) is 5.03. The highest BCUT2D eigenvalue weighted by Crippen LogP contribution is 2.31. The van der Waals surface area contributed by atoms with Crippen LogP contribution in [0.15, 0.2) is 11.2 Å². The van der Waals surface area contributed by atoms with Gasteiger partial charge in [0.25, 0.3) is 0 Å². The quantitative estimate of drug-likeness (QED) is 0.517. The third kappa shape index (κ3) is 5.00. The Balaban J connectivity index is 1.16. The lowest BCUT2D eigenvalue weighted by Crippen LogP contribution is -2.49. The molecule has 170 valence electrons. The highest BCUT2D eigenvalue weighted by Gasteiger charge is 2.37. The van der Waals surface area contributed by atoms with Crippen molar-refractivity contribution in [3.05, 3.63) is 11.9 Å². The Kier molecular flexibility index (Phi) is 6.35. The molecule has 1 aromatic rings. The van der Waals surface area contributed by atoms with Crippen molar-refractivity contribution in [3.63, 3.8) is 0 Å². The second-order valence-corrected chi connectivity index (χ2v) is 8.71. The van der Waals surface area contributed by atoms with Crippen molar-refractivity contribution in [1.29, 1.82) is 0 Å². The summed E-state index contributed by atoms with van der Waals surface area (Å²) < 4.78 is 10.8. The van der Waals surface area contributed by atoms with E-state index in [1.807, 2.05) is 5.01 Å². The number of hydrogen-bond donors (Lipinski definition) is 4. The molecule has 4 heterocycles. The molecule has 3 atom stereocenters. The molecule has 2 saturated heterocycles. The zero-order valence-corrected chi connectivity index (χ0v) is 17.8. The van der Waals surface area contributed by atoms with Crippen LogP contribution >= 0.6 is 0 Å². The second kappa shape index (κ2) is 9.51. The maximum atomic E-state index is 12.4. The van der Waals surface area contributed by atoms with E-state index >= 15 is 0 Å². The number of hydrazine groups is 1. The van der Waals surface area contributed by atoms with Crippen LogP contribution in [0.2, 0.25) is 0 Å². The molecule has 1 aliphatic carbocycles. The fraction of sp³-hybridized carbons (Fsp3) is 0.750. The molecular weight excluding hydrogens is 400 g/mol. The highest BCUT2D eigenvalue weighted by atomic mass is 16.5. The van der Waals surface area contributed by atoms with E-state index in [0.29, 0.717) is 44.0 Å². The molecule has 2 amide bonds. The largest absolute Gasteiger partial charge is 0.379 e. The number of amidine groups is 1. The smallest absolute Gasteiger partial charge is 0.333 e. The van der Waals surface area contributed by atoms with Gasteiger partial charge in [-0.3, -0.25) is 20.4 Å². The number of morpholine rings is 2. The van der Waals surface area contributed by atoms with Crippen molar-refractivity contribution in [3.8, 4) is 0 Å². The molecule has 2 unspecified atom stereocenters. The lowest BCUT2D eigenvalue weighted by molar-refractivity contribution is 0.0207. The molecule has 1 aromatic heterocycles. The zero-order chi connectivity index (χ0) is 21.0. The number of aliphatic imine (C=N–C) groups is 1. The molecule has 0 spiro atoms. The van der Waals surface area contributed by atoms with E-state index in [1.165, 1.54) is 6.42 Å². The Morgan fingerprint density at radius 1 is 1.13 bits per heavy atom. The van der Waals surface area contributed by atoms with Gasteiger partial charge in [0.2, 0.25) is 0 Å². The minimum Gasteiger partial charge on any atom is -0.379 e. The van der Waals surface area contributed by atoms with Gasteiger partial charge in [0.15, 0.2) is 0 Å². The van der Waals surface area contributed by atoms with Gasteiger partial charge in [0.05, 0.1) is 50.4 Å². The Morgan fingerprint density at radius 3 is 2.71 bits per heavy atom. The van der Waals surface area contributed by atoms with Crippen molar-refractivity contribution < 1.29 is 14.3 Å². The first-order valence-corrected chi connectivity index (χ1v) is 11.3. The molecular formula is C20H32N8O3. The summed E-state index contributed by atoms with van der Waals surface area (Å²) in [6, 6.07) is 0.341. The van der Waals surface area contributed by atoms with Crippen molar-refractivity contribution in [2.24, 2.45) is 10.9 Å². The summed E-state index contributed by atoms with van der Waals surface area (Å²) in [7, 11) is 0. The van der Waals surface area contributed by atoms with E-state index in [-0.39, 0.29) is 12.1 Å². The van der Waals surface area contributed by atoms with Crippen LogP contribution in [-0.4, -0.2) is 103 Å². The molecule has 31 heavy (non-hydrogen) atoms. The number of nitrogens with zero attached hydrogens (tertiary/aromatic N) is 4. The second-order valence-electron chi connectivity index (χ2n) is 8.71. The number of carbonyl (C=O) groups excluding carboxylic acids is 1. The van der Waals surface area contributed by atoms with E-state index in [4.69, 9.17) is 14.5 Å². The predicted octanol–water partition coefficient (Wildman–Crippen LogP) is -0.00230. The maximum Gasteiger partial charge on any atom is 0.333 e. The molecule has 3 fully saturated rings. The molecule has 4 N–H and O–H groups in total. The Labute approximate surface area is 181 Å². The maximum absolute atomic E-state index is 12.4. The number of nitrogens with one attached hydrogen (secondary N) is 4. The summed E-state index contributed by atoms with van der Waals surface area (Å²) in [5.41, 5.74) is 4.22. The number of fused-ring (bicyclic) bond motifs is 1. The lowest BCUT2D eigenvalue weighted by atomic mass is 9.83. The summed E-state index contributed by atoms with van der Waals surface area (Å²) in [4.78, 5) is 19.9. The fourth-order valence-electron chi connectivity index (χ4n) is 4.91. The summed E-state index contributed by atoms with van der Waals surface area (Å²) >= 11 is 0. The van der Waals surface area contributed by atoms with Gasteiger partial charge in [-0.15, -0.1) is 0 Å². The average molecular weight is 433 g/mol. The van der Waals surface area contributed by atoms with Crippen LogP contribution in [0, 0.1) is 5.92 Å². The van der Waals surface area contributed by atoms with E-state index in [1.54, 1.807) is 6.20 Å². The van der Waals surface area contributed by atoms with Crippen molar-refractivity contribution in [1.82, 2.24) is 30.8 Å². The average Bonchev–Trinajstić information content (AvgIpc) is 3.41. The van der Waals surface area contributed by atoms with Crippen molar-refractivity contribution in [2.75, 3.05) is 64.5 Å². The first-order chi connectivity index (χ1) is 15.2. The summed E-state index contributed by atoms with van der Waals surface area (Å²) in [5, 5.41) is 15.5. The van der Waals surface area contributed by atoms with Crippen molar-refractivity contribution in [2.45, 2.75) is 31.3 Å². The number of rotatable bonds is 5. The van der Waals surface area contributed by atoms with E-state index < -0.39 is 0 Å². The Hall–Kier alpha value is -2.21. The molecule has 5 rings (SSSR count). The van der Waals surface area contributed by atoms with E-state index in [2.05, 4.69) is 31.2 Å². The van der Waals surface area contributed by atoms with Crippen LogP contribution in [0.1, 0.15) is 25.0 Å². The standard InChI is InChI=1S/C20H32N8O3/c29-20(26-28-5-9-31-10-6-28)24-17-12-21-25-18(17)19-22-15-2-1-14(11-16(15)23-19)13-27-3-7-30-8-4-27/h12,14-16H,1-11,13H2,(H,21,25)(H,22,23)(H2,24,26,29)/t14?,15?,16-/m0/s1. The number of hydrogen-bond acceptors (Lipinski definition) is 8. The Morgan fingerprint density at radius 2 is 1.90 bits per heavy atom.